The molecule has 0 amide bonds. The fraction of sp³-hybridized carbons (Fsp3) is 0.167. The minimum absolute atomic E-state index is 0.000894. The Labute approximate surface area is 146 Å². The molecule has 0 aliphatic heterocycles. The average molecular weight is 358 g/mol. The Morgan fingerprint density at radius 3 is 2.54 bits per heavy atom. The van der Waals surface area contributed by atoms with E-state index in [1.807, 2.05) is 0 Å². The van der Waals surface area contributed by atoms with Gasteiger partial charge in [0.1, 0.15) is 23.7 Å². The van der Waals surface area contributed by atoms with Gasteiger partial charge in [-0.05, 0) is 36.8 Å². The van der Waals surface area contributed by atoms with Gasteiger partial charge in [0, 0.05) is 11.5 Å². The van der Waals surface area contributed by atoms with Gasteiger partial charge in [0.25, 0.3) is 0 Å². The van der Waals surface area contributed by atoms with Gasteiger partial charge in [0.2, 0.25) is 5.76 Å². The highest BCUT2D eigenvalue weighted by Crippen LogP contribution is 2.25. The summed E-state index contributed by atoms with van der Waals surface area (Å²) in [6.07, 6.45) is -0.410. The maximum Gasteiger partial charge on any atom is 0.371 e. The number of furan rings is 1. The number of carboxylic acid groups (broad SMARTS) is 2. The van der Waals surface area contributed by atoms with E-state index in [2.05, 4.69) is 0 Å². The van der Waals surface area contributed by atoms with Gasteiger partial charge < -0.3 is 23.8 Å². The van der Waals surface area contributed by atoms with E-state index in [1.54, 1.807) is 19.1 Å². The Bertz CT molecular complexity index is 1060. The number of benzene rings is 1. The summed E-state index contributed by atoms with van der Waals surface area (Å²) in [6, 6.07) is 7.64. The van der Waals surface area contributed by atoms with Gasteiger partial charge in [-0.2, -0.15) is 0 Å². The van der Waals surface area contributed by atoms with E-state index >= 15 is 0 Å². The summed E-state index contributed by atoms with van der Waals surface area (Å²) in [5.74, 6) is -1.75. The number of carboxylic acids is 2. The first-order valence-electron chi connectivity index (χ1n) is 7.58. The lowest BCUT2D eigenvalue weighted by Crippen LogP contribution is -2.14. The molecule has 134 valence electrons. The Kier molecular flexibility index (Phi) is 4.49. The van der Waals surface area contributed by atoms with Crippen LogP contribution in [0.1, 0.15) is 27.4 Å². The van der Waals surface area contributed by atoms with Gasteiger partial charge in [-0.3, -0.25) is 4.79 Å². The first-order valence-corrected chi connectivity index (χ1v) is 7.58. The highest BCUT2D eigenvalue weighted by molar-refractivity contribution is 5.84. The fourth-order valence-electron chi connectivity index (χ4n) is 2.54. The SMILES string of the molecule is Cc1c(CC(=O)O)c(=O)oc2cc(OCc3ccc(C(=O)O)o3)ccc12. The Hall–Kier alpha value is -3.55. The maximum atomic E-state index is 12.0. The number of hydrogen-bond donors (Lipinski definition) is 2. The van der Waals surface area contributed by atoms with Crippen LogP contribution in [0.4, 0.5) is 0 Å². The maximum absolute atomic E-state index is 12.0. The summed E-state index contributed by atoms with van der Waals surface area (Å²) < 4.78 is 15.8. The van der Waals surface area contributed by atoms with Crippen molar-refractivity contribution in [3.63, 3.8) is 0 Å². The molecule has 0 saturated heterocycles. The van der Waals surface area contributed by atoms with E-state index < -0.39 is 24.0 Å². The van der Waals surface area contributed by atoms with Gasteiger partial charge in [-0.1, -0.05) is 0 Å². The standard InChI is InChI=1S/C18H14O8/c1-9-12-4-2-10(24-8-11-3-5-14(25-11)17(21)22)6-15(12)26-18(23)13(9)7-16(19)20/h2-6H,7-8H2,1H3,(H,19,20)(H,21,22). The minimum Gasteiger partial charge on any atom is -0.486 e. The van der Waals surface area contributed by atoms with Gasteiger partial charge in [-0.25, -0.2) is 9.59 Å². The van der Waals surface area contributed by atoms with Gasteiger partial charge >= 0.3 is 17.6 Å². The number of rotatable bonds is 6. The predicted octanol–water partition coefficient (Wildman–Crippen LogP) is 2.60. The molecule has 0 aliphatic carbocycles. The smallest absolute Gasteiger partial charge is 0.371 e. The molecule has 2 aromatic heterocycles. The van der Waals surface area contributed by atoms with Gasteiger partial charge in [0.15, 0.2) is 0 Å². The summed E-state index contributed by atoms with van der Waals surface area (Å²) in [6.45, 7) is 1.66. The van der Waals surface area contributed by atoms with Crippen LogP contribution in [0.5, 0.6) is 5.75 Å². The first-order chi connectivity index (χ1) is 12.3. The van der Waals surface area contributed by atoms with Crippen LogP contribution in [0.25, 0.3) is 11.0 Å². The molecule has 3 aromatic rings. The van der Waals surface area contributed by atoms with Crippen molar-refractivity contribution < 1.29 is 33.4 Å². The number of carbonyl (C=O) groups is 2. The molecule has 0 fully saturated rings. The highest BCUT2D eigenvalue weighted by Gasteiger charge is 2.15. The molecule has 0 atom stereocenters. The quantitative estimate of drug-likeness (QED) is 0.644. The largest absolute Gasteiger partial charge is 0.486 e. The Balaban J connectivity index is 1.85. The number of ether oxygens (including phenoxy) is 1. The molecular formula is C18H14O8. The Morgan fingerprint density at radius 2 is 1.88 bits per heavy atom. The number of aryl methyl sites for hydroxylation is 1. The summed E-state index contributed by atoms with van der Waals surface area (Å²) >= 11 is 0. The normalized spacial score (nSPS) is 10.8. The lowest BCUT2D eigenvalue weighted by molar-refractivity contribution is -0.136. The van der Waals surface area contributed by atoms with Crippen molar-refractivity contribution in [1.82, 2.24) is 0 Å². The molecule has 0 unspecified atom stereocenters. The van der Waals surface area contributed by atoms with Crippen molar-refractivity contribution in [3.05, 3.63) is 63.4 Å². The molecule has 1 aromatic carbocycles. The van der Waals surface area contributed by atoms with Crippen molar-refractivity contribution in [1.29, 1.82) is 0 Å². The van der Waals surface area contributed by atoms with Crippen LogP contribution >= 0.6 is 0 Å². The second-order valence-corrected chi connectivity index (χ2v) is 5.58. The third-order valence-corrected chi connectivity index (χ3v) is 3.84. The van der Waals surface area contributed by atoms with Crippen molar-refractivity contribution in [2.75, 3.05) is 0 Å². The molecule has 0 radical (unpaired) electrons. The first kappa shape index (κ1) is 17.3. The molecule has 8 nitrogen and oxygen atoms in total. The second-order valence-electron chi connectivity index (χ2n) is 5.58. The summed E-state index contributed by atoms with van der Waals surface area (Å²) in [5.41, 5.74) is 0.217. The van der Waals surface area contributed by atoms with E-state index in [4.69, 9.17) is 23.8 Å². The van der Waals surface area contributed by atoms with Gasteiger partial charge in [0.05, 0.1) is 12.0 Å². The number of aromatic carboxylic acids is 1. The molecule has 0 bridgehead atoms. The molecular weight excluding hydrogens is 344 g/mol. The van der Waals surface area contributed by atoms with Crippen molar-refractivity contribution in [2.24, 2.45) is 0 Å². The zero-order chi connectivity index (χ0) is 18.8. The monoisotopic (exact) mass is 358 g/mol. The van der Waals surface area contributed by atoms with Crippen molar-refractivity contribution in [3.8, 4) is 5.75 Å². The number of fused-ring (bicyclic) bond motifs is 1. The molecule has 3 rings (SSSR count). The van der Waals surface area contributed by atoms with E-state index in [0.29, 0.717) is 22.5 Å². The molecule has 0 aliphatic rings. The average Bonchev–Trinajstić information content (AvgIpc) is 3.05. The van der Waals surface area contributed by atoms with Crippen LogP contribution in [0.15, 0.2) is 44.0 Å². The third-order valence-electron chi connectivity index (χ3n) is 3.84. The van der Waals surface area contributed by atoms with Crippen LogP contribution in [0.3, 0.4) is 0 Å². The predicted molar refractivity (Wildman–Crippen MR) is 88.6 cm³/mol. The molecule has 2 heterocycles. The topological polar surface area (TPSA) is 127 Å². The summed E-state index contributed by atoms with van der Waals surface area (Å²) in [4.78, 5) is 33.7. The molecule has 0 saturated carbocycles. The lowest BCUT2D eigenvalue weighted by Gasteiger charge is -2.08. The van der Waals surface area contributed by atoms with Crippen LogP contribution in [0, 0.1) is 6.92 Å². The fourth-order valence-corrected chi connectivity index (χ4v) is 2.54. The number of aliphatic carboxylic acids is 1. The molecule has 8 heteroatoms. The second kappa shape index (κ2) is 6.75. The van der Waals surface area contributed by atoms with Crippen LogP contribution in [-0.2, 0) is 17.8 Å². The molecule has 0 spiro atoms. The van der Waals surface area contributed by atoms with Crippen LogP contribution in [0.2, 0.25) is 0 Å². The van der Waals surface area contributed by atoms with Crippen LogP contribution in [-0.4, -0.2) is 22.2 Å². The van der Waals surface area contributed by atoms with E-state index in [1.165, 1.54) is 18.2 Å². The van der Waals surface area contributed by atoms with E-state index in [-0.39, 0.29) is 23.5 Å². The van der Waals surface area contributed by atoms with Crippen molar-refractivity contribution >= 4 is 22.9 Å². The van der Waals surface area contributed by atoms with Crippen LogP contribution < -0.4 is 10.4 Å². The summed E-state index contributed by atoms with van der Waals surface area (Å²) in [5, 5.41) is 18.3. The highest BCUT2D eigenvalue weighted by atomic mass is 16.5. The van der Waals surface area contributed by atoms with Crippen molar-refractivity contribution in [2.45, 2.75) is 20.0 Å². The zero-order valence-electron chi connectivity index (χ0n) is 13.6. The molecule has 2 N–H and O–H groups in total. The van der Waals surface area contributed by atoms with Gasteiger partial charge in [-0.15, -0.1) is 0 Å². The van der Waals surface area contributed by atoms with E-state index in [0.717, 1.165) is 0 Å². The van der Waals surface area contributed by atoms with E-state index in [9.17, 15) is 14.4 Å². The lowest BCUT2D eigenvalue weighted by atomic mass is 10.0. The Morgan fingerprint density at radius 1 is 1.12 bits per heavy atom. The zero-order valence-corrected chi connectivity index (χ0v) is 13.6. The number of hydrogen-bond acceptors (Lipinski definition) is 6. The third kappa shape index (κ3) is 3.44. The molecule has 26 heavy (non-hydrogen) atoms. The minimum atomic E-state index is -1.17. The summed E-state index contributed by atoms with van der Waals surface area (Å²) in [7, 11) is 0.